The molecule has 22 heavy (non-hydrogen) atoms. The maximum Gasteiger partial charge on any atom is 0.194 e. The number of nitrogens with two attached hydrogens (primary N) is 1. The Kier molecular flexibility index (Phi) is 9.14. The minimum Gasteiger partial charge on any atom is -0.370 e. The molecule has 0 saturated carbocycles. The summed E-state index contributed by atoms with van der Waals surface area (Å²) in [6, 6.07) is 4.00. The minimum atomic E-state index is 0.000728. The molecule has 0 atom stereocenters. The second-order valence-corrected chi connectivity index (χ2v) is 5.68. The fraction of sp³-hybridized carbons (Fsp3) is 0.562. The van der Waals surface area contributed by atoms with Crippen molar-refractivity contribution in [2.45, 2.75) is 45.4 Å². The van der Waals surface area contributed by atoms with Gasteiger partial charge in [0.2, 0.25) is 0 Å². The number of hydrogen-bond donors (Lipinski definition) is 3. The zero-order valence-corrected chi connectivity index (χ0v) is 14.2. The molecular formula is C16H27N5S. The number of aromatic nitrogens is 1. The van der Waals surface area contributed by atoms with Gasteiger partial charge in [0.1, 0.15) is 0 Å². The molecule has 1 aromatic rings. The monoisotopic (exact) mass is 321 g/mol. The predicted molar refractivity (Wildman–Crippen MR) is 95.9 cm³/mol. The van der Waals surface area contributed by atoms with Gasteiger partial charge in [0.05, 0.1) is 0 Å². The lowest BCUT2D eigenvalue weighted by Gasteiger charge is -2.24. The van der Waals surface area contributed by atoms with Gasteiger partial charge in [-0.05, 0) is 49.2 Å². The Balaban J connectivity index is 2.31. The maximum absolute atomic E-state index is 7.68. The lowest BCUT2D eigenvalue weighted by atomic mass is 10.1. The van der Waals surface area contributed by atoms with Crippen molar-refractivity contribution in [2.75, 3.05) is 13.1 Å². The highest BCUT2D eigenvalue weighted by molar-refractivity contribution is 7.80. The number of nitrogens with zero attached hydrogens (tertiary/aromatic N) is 2. The molecule has 0 aliphatic heterocycles. The number of guanidine groups is 1. The van der Waals surface area contributed by atoms with Crippen molar-refractivity contribution < 1.29 is 0 Å². The Hall–Kier alpha value is -1.69. The largest absolute Gasteiger partial charge is 0.370 e. The third-order valence-electron chi connectivity index (χ3n) is 3.44. The first kappa shape index (κ1) is 18.4. The van der Waals surface area contributed by atoms with Crippen LogP contribution in [0.4, 0.5) is 0 Å². The van der Waals surface area contributed by atoms with Gasteiger partial charge < -0.3 is 11.1 Å². The molecule has 0 unspecified atom stereocenters. The lowest BCUT2D eigenvalue weighted by molar-refractivity contribution is 0.547. The molecule has 122 valence electrons. The highest BCUT2D eigenvalue weighted by atomic mass is 32.1. The lowest BCUT2D eigenvalue weighted by Crippen LogP contribution is -2.47. The first-order chi connectivity index (χ1) is 10.6. The first-order valence-electron chi connectivity index (χ1n) is 7.93. The Bertz CT molecular complexity index is 449. The summed E-state index contributed by atoms with van der Waals surface area (Å²) in [6.45, 7) is 3.68. The molecule has 0 aliphatic rings. The number of hydrogen-bond acceptors (Lipinski definition) is 3. The second kappa shape index (κ2) is 11.0. The van der Waals surface area contributed by atoms with Crippen molar-refractivity contribution in [2.24, 2.45) is 5.73 Å². The van der Waals surface area contributed by atoms with Crippen molar-refractivity contribution in [3.05, 3.63) is 30.1 Å². The van der Waals surface area contributed by atoms with Crippen molar-refractivity contribution >= 4 is 23.3 Å². The van der Waals surface area contributed by atoms with Crippen LogP contribution in [0.25, 0.3) is 0 Å². The fourth-order valence-electron chi connectivity index (χ4n) is 2.16. The minimum absolute atomic E-state index is 0.000728. The summed E-state index contributed by atoms with van der Waals surface area (Å²) in [6.07, 6.45) is 10.2. The van der Waals surface area contributed by atoms with Gasteiger partial charge >= 0.3 is 0 Å². The van der Waals surface area contributed by atoms with Gasteiger partial charge in [-0.2, -0.15) is 0 Å². The molecule has 0 radical (unpaired) electrons. The number of thiocarbonyl (C=S) groups is 1. The van der Waals surface area contributed by atoms with E-state index in [-0.39, 0.29) is 5.96 Å². The SMILES string of the molecule is CCCCCCNC(=S)N(CCCc1ccncc1)C(=N)N. The molecule has 0 spiro atoms. The van der Waals surface area contributed by atoms with Crippen molar-refractivity contribution in [1.82, 2.24) is 15.2 Å². The van der Waals surface area contributed by atoms with Crippen LogP contribution in [0.5, 0.6) is 0 Å². The number of rotatable bonds is 9. The third kappa shape index (κ3) is 7.36. The van der Waals surface area contributed by atoms with Crippen molar-refractivity contribution in [1.29, 1.82) is 5.41 Å². The fourth-order valence-corrected chi connectivity index (χ4v) is 2.46. The van der Waals surface area contributed by atoms with Crippen molar-refractivity contribution in [3.8, 4) is 0 Å². The molecule has 0 fully saturated rings. The van der Waals surface area contributed by atoms with E-state index in [9.17, 15) is 0 Å². The van der Waals surface area contributed by atoms with E-state index < -0.39 is 0 Å². The smallest absolute Gasteiger partial charge is 0.194 e. The average Bonchev–Trinajstić information content (AvgIpc) is 2.52. The zero-order chi connectivity index (χ0) is 16.2. The molecule has 1 heterocycles. The molecular weight excluding hydrogens is 294 g/mol. The van der Waals surface area contributed by atoms with Gasteiger partial charge in [0, 0.05) is 25.5 Å². The van der Waals surface area contributed by atoms with E-state index in [1.165, 1.54) is 24.8 Å². The van der Waals surface area contributed by atoms with Crippen LogP contribution >= 0.6 is 12.2 Å². The van der Waals surface area contributed by atoms with E-state index in [1.807, 2.05) is 12.1 Å². The third-order valence-corrected chi connectivity index (χ3v) is 3.80. The molecule has 0 aliphatic carbocycles. The van der Waals surface area contributed by atoms with E-state index in [1.54, 1.807) is 17.3 Å². The zero-order valence-electron chi connectivity index (χ0n) is 13.3. The Morgan fingerprint density at radius 3 is 2.64 bits per heavy atom. The van der Waals surface area contributed by atoms with Crippen LogP contribution in [0.1, 0.15) is 44.6 Å². The number of unbranched alkanes of at least 4 members (excludes halogenated alkanes) is 3. The first-order valence-corrected chi connectivity index (χ1v) is 8.34. The van der Waals surface area contributed by atoms with Gasteiger partial charge in [0.15, 0.2) is 11.1 Å². The van der Waals surface area contributed by atoms with Gasteiger partial charge in [-0.25, -0.2) is 0 Å². The molecule has 1 rings (SSSR count). The summed E-state index contributed by atoms with van der Waals surface area (Å²) in [5.74, 6) is 0.000728. The summed E-state index contributed by atoms with van der Waals surface area (Å²) in [4.78, 5) is 5.67. The van der Waals surface area contributed by atoms with E-state index in [2.05, 4.69) is 17.2 Å². The van der Waals surface area contributed by atoms with Crippen LogP contribution in [-0.2, 0) is 6.42 Å². The van der Waals surface area contributed by atoms with Gasteiger partial charge in [0.25, 0.3) is 0 Å². The summed E-state index contributed by atoms with van der Waals surface area (Å²) >= 11 is 5.34. The van der Waals surface area contributed by atoms with Crippen LogP contribution in [-0.4, -0.2) is 34.0 Å². The van der Waals surface area contributed by atoms with Crippen LogP contribution in [0.15, 0.2) is 24.5 Å². The predicted octanol–water partition coefficient (Wildman–Crippen LogP) is 2.66. The highest BCUT2D eigenvalue weighted by Gasteiger charge is 2.11. The average molecular weight is 321 g/mol. The summed E-state index contributed by atoms with van der Waals surface area (Å²) in [5, 5.41) is 11.4. The maximum atomic E-state index is 7.68. The topological polar surface area (TPSA) is 78.0 Å². The molecule has 0 amide bonds. The molecule has 0 aromatic carbocycles. The van der Waals surface area contributed by atoms with E-state index >= 15 is 0 Å². The number of nitrogens with one attached hydrogen (secondary N) is 2. The molecule has 0 bridgehead atoms. The molecule has 5 nitrogen and oxygen atoms in total. The van der Waals surface area contributed by atoms with Crippen molar-refractivity contribution in [3.63, 3.8) is 0 Å². The standard InChI is InChI=1S/C16H27N5S/c1-2-3-4-5-10-20-16(22)21(15(17)18)13-6-7-14-8-11-19-12-9-14/h8-9,11-12H,2-7,10,13H2,1H3,(H3,17,18)(H,20,22). The van der Waals surface area contributed by atoms with E-state index in [0.29, 0.717) is 11.7 Å². The van der Waals surface area contributed by atoms with Crippen LogP contribution in [0.2, 0.25) is 0 Å². The highest BCUT2D eigenvalue weighted by Crippen LogP contribution is 2.03. The summed E-state index contributed by atoms with van der Waals surface area (Å²) in [7, 11) is 0. The Morgan fingerprint density at radius 2 is 2.00 bits per heavy atom. The quantitative estimate of drug-likeness (QED) is 0.282. The summed E-state index contributed by atoms with van der Waals surface area (Å²) < 4.78 is 0. The second-order valence-electron chi connectivity index (χ2n) is 5.29. The molecule has 1 aromatic heterocycles. The number of pyridine rings is 1. The normalized spacial score (nSPS) is 10.2. The van der Waals surface area contributed by atoms with Gasteiger partial charge in [-0.15, -0.1) is 0 Å². The molecule has 0 saturated heterocycles. The van der Waals surface area contributed by atoms with E-state index in [0.717, 1.165) is 25.8 Å². The van der Waals surface area contributed by atoms with E-state index in [4.69, 9.17) is 23.4 Å². The van der Waals surface area contributed by atoms with Gasteiger partial charge in [-0.3, -0.25) is 15.3 Å². The molecule has 6 heteroatoms. The summed E-state index contributed by atoms with van der Waals surface area (Å²) in [5.41, 5.74) is 6.87. The van der Waals surface area contributed by atoms with Gasteiger partial charge in [-0.1, -0.05) is 26.2 Å². The number of aryl methyl sites for hydroxylation is 1. The molecule has 4 N–H and O–H groups in total. The Labute approximate surface area is 138 Å². The van der Waals surface area contributed by atoms with Crippen LogP contribution < -0.4 is 11.1 Å². The Morgan fingerprint density at radius 1 is 1.27 bits per heavy atom. The van der Waals surface area contributed by atoms with Crippen LogP contribution in [0, 0.1) is 5.41 Å². The van der Waals surface area contributed by atoms with Crippen LogP contribution in [0.3, 0.4) is 0 Å².